The van der Waals surface area contributed by atoms with E-state index in [1.165, 1.54) is 0 Å². The van der Waals surface area contributed by atoms with Crippen LogP contribution >= 0.6 is 0 Å². The minimum atomic E-state index is -0.375. The third kappa shape index (κ3) is 6.69. The lowest BCUT2D eigenvalue weighted by molar-refractivity contribution is -0.126. The molecule has 0 aromatic heterocycles. The average molecular weight is 472 g/mol. The molecule has 180 valence electrons. The van der Waals surface area contributed by atoms with Crippen molar-refractivity contribution in [1.82, 2.24) is 5.32 Å². The molecule has 1 unspecified atom stereocenters. The van der Waals surface area contributed by atoms with Crippen LogP contribution in [0.15, 0.2) is 78.9 Å². The van der Waals surface area contributed by atoms with Gasteiger partial charge in [0.2, 0.25) is 11.8 Å². The molecule has 1 heterocycles. The predicted molar refractivity (Wildman–Crippen MR) is 135 cm³/mol. The average Bonchev–Trinajstić information content (AvgIpc) is 3.27. The predicted octanol–water partition coefficient (Wildman–Crippen LogP) is 3.72. The van der Waals surface area contributed by atoms with Crippen LogP contribution < -0.4 is 20.3 Å². The maximum absolute atomic E-state index is 12.6. The second kappa shape index (κ2) is 11.3. The van der Waals surface area contributed by atoms with E-state index in [-0.39, 0.29) is 36.7 Å². The summed E-state index contributed by atoms with van der Waals surface area (Å²) in [5, 5.41) is 5.73. The second-order valence-electron chi connectivity index (χ2n) is 8.63. The molecule has 0 aliphatic carbocycles. The highest BCUT2D eigenvalue weighted by molar-refractivity contribution is 6.00. The summed E-state index contributed by atoms with van der Waals surface area (Å²) in [4.78, 5) is 38.8. The number of nitrogens with zero attached hydrogens (tertiary/aromatic N) is 1. The zero-order chi connectivity index (χ0) is 24.6. The van der Waals surface area contributed by atoms with Crippen LogP contribution in [0.5, 0.6) is 5.75 Å². The monoisotopic (exact) mass is 471 g/mol. The van der Waals surface area contributed by atoms with Crippen molar-refractivity contribution in [1.29, 1.82) is 0 Å². The Morgan fingerprint density at radius 1 is 0.971 bits per heavy atom. The van der Waals surface area contributed by atoms with E-state index in [0.717, 1.165) is 17.5 Å². The van der Waals surface area contributed by atoms with Crippen LogP contribution in [0.1, 0.15) is 17.5 Å². The highest BCUT2D eigenvalue weighted by Gasteiger charge is 2.34. The fourth-order valence-electron chi connectivity index (χ4n) is 3.96. The highest BCUT2D eigenvalue weighted by atomic mass is 16.5. The Bertz CT molecular complexity index is 1160. The number of ether oxygens (including phenoxy) is 1. The molecule has 3 aromatic rings. The molecule has 7 nitrogen and oxygen atoms in total. The van der Waals surface area contributed by atoms with Crippen LogP contribution in [0.3, 0.4) is 0 Å². The molecule has 1 atom stereocenters. The van der Waals surface area contributed by atoms with Crippen LogP contribution in [0.4, 0.5) is 11.4 Å². The SMILES string of the molecule is Cc1ccc(NC(=O)COc2ccc(N3CC(C(=O)NCCc4ccccc4)CC3=O)cc2)cc1. The second-order valence-corrected chi connectivity index (χ2v) is 8.63. The van der Waals surface area contributed by atoms with Crippen molar-refractivity contribution < 1.29 is 19.1 Å². The van der Waals surface area contributed by atoms with E-state index in [0.29, 0.717) is 30.2 Å². The maximum Gasteiger partial charge on any atom is 0.262 e. The van der Waals surface area contributed by atoms with Crippen molar-refractivity contribution in [2.75, 3.05) is 29.9 Å². The van der Waals surface area contributed by atoms with E-state index in [4.69, 9.17) is 4.74 Å². The molecule has 3 amide bonds. The van der Waals surface area contributed by atoms with E-state index in [9.17, 15) is 14.4 Å². The summed E-state index contributed by atoms with van der Waals surface area (Å²) in [5.74, 6) is -0.293. The van der Waals surface area contributed by atoms with Crippen LogP contribution in [0.2, 0.25) is 0 Å². The zero-order valence-corrected chi connectivity index (χ0v) is 19.7. The van der Waals surface area contributed by atoms with Gasteiger partial charge in [-0.1, -0.05) is 48.0 Å². The van der Waals surface area contributed by atoms with Gasteiger partial charge < -0.3 is 20.3 Å². The minimum absolute atomic E-state index is 0.0839. The number of carbonyl (C=O) groups excluding carboxylic acids is 3. The topological polar surface area (TPSA) is 87.7 Å². The lowest BCUT2D eigenvalue weighted by Crippen LogP contribution is -2.34. The van der Waals surface area contributed by atoms with Gasteiger partial charge in [0.05, 0.1) is 5.92 Å². The maximum atomic E-state index is 12.6. The Morgan fingerprint density at radius 2 is 1.69 bits per heavy atom. The van der Waals surface area contributed by atoms with E-state index in [1.54, 1.807) is 29.2 Å². The van der Waals surface area contributed by atoms with Crippen molar-refractivity contribution in [3.8, 4) is 5.75 Å². The van der Waals surface area contributed by atoms with Crippen molar-refractivity contribution in [2.24, 2.45) is 5.92 Å². The molecule has 0 bridgehead atoms. The molecule has 3 aromatic carbocycles. The largest absolute Gasteiger partial charge is 0.484 e. The number of nitrogens with one attached hydrogen (secondary N) is 2. The summed E-state index contributed by atoms with van der Waals surface area (Å²) in [7, 11) is 0. The molecule has 0 saturated carbocycles. The molecule has 1 fully saturated rings. The highest BCUT2D eigenvalue weighted by Crippen LogP contribution is 2.27. The molecule has 0 radical (unpaired) electrons. The van der Waals surface area contributed by atoms with Crippen LogP contribution in [-0.4, -0.2) is 37.4 Å². The van der Waals surface area contributed by atoms with Crippen LogP contribution in [0.25, 0.3) is 0 Å². The van der Waals surface area contributed by atoms with Crippen LogP contribution in [0, 0.1) is 12.8 Å². The Hall–Kier alpha value is -4.13. The van der Waals surface area contributed by atoms with Gasteiger partial charge in [-0.05, 0) is 55.3 Å². The number of rotatable bonds is 9. The number of carbonyl (C=O) groups is 3. The summed E-state index contributed by atoms with van der Waals surface area (Å²) in [6.45, 7) is 2.74. The van der Waals surface area contributed by atoms with Gasteiger partial charge in [-0.2, -0.15) is 0 Å². The number of aryl methyl sites for hydroxylation is 1. The van der Waals surface area contributed by atoms with Crippen molar-refractivity contribution in [2.45, 2.75) is 19.8 Å². The summed E-state index contributed by atoms with van der Waals surface area (Å²) >= 11 is 0. The number of hydrogen-bond acceptors (Lipinski definition) is 4. The Labute approximate surface area is 205 Å². The summed E-state index contributed by atoms with van der Waals surface area (Å²) in [6.07, 6.45) is 0.941. The first-order chi connectivity index (χ1) is 17.0. The van der Waals surface area contributed by atoms with E-state index >= 15 is 0 Å². The molecule has 4 rings (SSSR count). The van der Waals surface area contributed by atoms with Crippen molar-refractivity contribution in [3.05, 3.63) is 90.0 Å². The number of benzene rings is 3. The van der Waals surface area contributed by atoms with E-state index in [1.807, 2.05) is 61.5 Å². The van der Waals surface area contributed by atoms with Gasteiger partial charge >= 0.3 is 0 Å². The van der Waals surface area contributed by atoms with E-state index < -0.39 is 0 Å². The first-order valence-electron chi connectivity index (χ1n) is 11.7. The van der Waals surface area contributed by atoms with Crippen molar-refractivity contribution in [3.63, 3.8) is 0 Å². The molecule has 1 aliphatic rings. The smallest absolute Gasteiger partial charge is 0.262 e. The van der Waals surface area contributed by atoms with Gasteiger partial charge in [-0.15, -0.1) is 0 Å². The number of hydrogen-bond donors (Lipinski definition) is 2. The number of amides is 3. The molecular weight excluding hydrogens is 442 g/mol. The molecule has 0 spiro atoms. The van der Waals surface area contributed by atoms with Gasteiger partial charge in [-0.25, -0.2) is 0 Å². The number of anilines is 2. The van der Waals surface area contributed by atoms with Crippen LogP contribution in [-0.2, 0) is 20.8 Å². The quantitative estimate of drug-likeness (QED) is 0.498. The summed E-state index contributed by atoms with van der Waals surface area (Å²) < 4.78 is 5.57. The summed E-state index contributed by atoms with van der Waals surface area (Å²) in [5.41, 5.74) is 3.69. The molecule has 2 N–H and O–H groups in total. The lowest BCUT2D eigenvalue weighted by Gasteiger charge is -2.17. The third-order valence-electron chi connectivity index (χ3n) is 5.91. The fraction of sp³-hybridized carbons (Fsp3) is 0.250. The molecular formula is C28H29N3O4. The zero-order valence-electron chi connectivity index (χ0n) is 19.7. The van der Waals surface area contributed by atoms with Gasteiger partial charge in [0.15, 0.2) is 6.61 Å². The standard InChI is InChI=1S/C28H29N3O4/c1-20-7-9-23(10-8-20)30-26(32)19-35-25-13-11-24(12-14-25)31-18-22(17-27(31)33)28(34)29-16-15-21-5-3-2-4-6-21/h2-14,22H,15-19H2,1H3,(H,29,34)(H,30,32). The van der Waals surface area contributed by atoms with Gasteiger partial charge in [-0.3, -0.25) is 14.4 Å². The Morgan fingerprint density at radius 3 is 2.40 bits per heavy atom. The fourth-order valence-corrected chi connectivity index (χ4v) is 3.96. The normalized spacial score (nSPS) is 15.1. The van der Waals surface area contributed by atoms with Gasteiger partial charge in [0.25, 0.3) is 5.91 Å². The van der Waals surface area contributed by atoms with Crippen molar-refractivity contribution >= 4 is 29.1 Å². The Balaban J connectivity index is 1.23. The lowest BCUT2D eigenvalue weighted by atomic mass is 10.1. The first-order valence-corrected chi connectivity index (χ1v) is 11.7. The molecule has 7 heteroatoms. The molecule has 1 saturated heterocycles. The minimum Gasteiger partial charge on any atom is -0.484 e. The first kappa shape index (κ1) is 24.0. The van der Waals surface area contributed by atoms with Gasteiger partial charge in [0, 0.05) is 30.9 Å². The Kier molecular flexibility index (Phi) is 7.77. The third-order valence-corrected chi connectivity index (χ3v) is 5.91. The molecule has 35 heavy (non-hydrogen) atoms. The summed E-state index contributed by atoms with van der Waals surface area (Å²) in [6, 6.07) is 24.4. The molecule has 1 aliphatic heterocycles. The van der Waals surface area contributed by atoms with Gasteiger partial charge in [0.1, 0.15) is 5.75 Å². The van der Waals surface area contributed by atoms with E-state index in [2.05, 4.69) is 10.6 Å².